The first kappa shape index (κ1) is 11.5. The van der Waals surface area contributed by atoms with Crippen molar-refractivity contribution in [2.45, 2.75) is 59.3 Å². The number of fused-ring (bicyclic) bond motifs is 1. The summed E-state index contributed by atoms with van der Waals surface area (Å²) >= 11 is 0. The first-order valence-electron chi connectivity index (χ1n) is 5.91. The first-order chi connectivity index (χ1) is 7.30. The molecule has 0 aliphatic carbocycles. The van der Waals surface area contributed by atoms with E-state index in [-0.39, 0.29) is 5.54 Å². The summed E-state index contributed by atoms with van der Waals surface area (Å²) in [7, 11) is 0. The van der Waals surface area contributed by atoms with Crippen molar-refractivity contribution in [2.75, 3.05) is 5.73 Å². The molecule has 4 nitrogen and oxygen atoms in total. The Balaban J connectivity index is 2.34. The van der Waals surface area contributed by atoms with Gasteiger partial charge >= 0.3 is 0 Å². The van der Waals surface area contributed by atoms with Gasteiger partial charge in [0.1, 0.15) is 5.82 Å². The molecule has 1 aliphatic rings. The van der Waals surface area contributed by atoms with Gasteiger partial charge in [-0.25, -0.2) is 0 Å². The van der Waals surface area contributed by atoms with Crippen LogP contribution in [0.5, 0.6) is 0 Å². The Hall–Kier alpha value is -1.03. The Morgan fingerprint density at radius 1 is 1.25 bits per heavy atom. The van der Waals surface area contributed by atoms with Crippen molar-refractivity contribution in [1.82, 2.24) is 14.7 Å². The van der Waals surface area contributed by atoms with E-state index in [1.165, 1.54) is 11.3 Å². The molecular formula is C12H22N4. The summed E-state index contributed by atoms with van der Waals surface area (Å²) in [6, 6.07) is 0.381. The highest BCUT2D eigenvalue weighted by atomic mass is 15.4. The molecule has 4 heteroatoms. The molecule has 2 rings (SSSR count). The average Bonchev–Trinajstić information content (AvgIpc) is 2.65. The number of rotatable bonds is 1. The van der Waals surface area contributed by atoms with Crippen LogP contribution in [0.3, 0.4) is 0 Å². The summed E-state index contributed by atoms with van der Waals surface area (Å²) in [5.74, 6) is 0.704. The van der Waals surface area contributed by atoms with E-state index in [9.17, 15) is 0 Å². The lowest BCUT2D eigenvalue weighted by Crippen LogP contribution is -2.37. The van der Waals surface area contributed by atoms with Crippen LogP contribution in [0.1, 0.15) is 51.9 Å². The van der Waals surface area contributed by atoms with E-state index in [0.29, 0.717) is 11.9 Å². The molecule has 0 radical (unpaired) electrons. The van der Waals surface area contributed by atoms with Gasteiger partial charge in [-0.15, -0.1) is 0 Å². The van der Waals surface area contributed by atoms with Gasteiger partial charge in [-0.05, 0) is 34.6 Å². The number of aromatic nitrogens is 2. The molecule has 0 amide bonds. The Labute approximate surface area is 97.4 Å². The van der Waals surface area contributed by atoms with Crippen LogP contribution in [-0.4, -0.2) is 20.2 Å². The van der Waals surface area contributed by atoms with Gasteiger partial charge < -0.3 is 5.73 Å². The monoisotopic (exact) mass is 222 g/mol. The van der Waals surface area contributed by atoms with E-state index in [1.54, 1.807) is 0 Å². The van der Waals surface area contributed by atoms with Gasteiger partial charge in [-0.2, -0.15) is 5.10 Å². The smallest absolute Gasteiger partial charge is 0.150 e. The number of hydrogen-bond donors (Lipinski definition) is 1. The van der Waals surface area contributed by atoms with Gasteiger partial charge in [0.05, 0.1) is 5.69 Å². The molecule has 0 spiro atoms. The summed E-state index contributed by atoms with van der Waals surface area (Å²) in [6.45, 7) is 12.9. The second kappa shape index (κ2) is 3.48. The maximum Gasteiger partial charge on any atom is 0.150 e. The van der Waals surface area contributed by atoms with Gasteiger partial charge in [0.25, 0.3) is 0 Å². The Morgan fingerprint density at radius 3 is 2.38 bits per heavy atom. The Bertz CT molecular complexity index is 398. The summed E-state index contributed by atoms with van der Waals surface area (Å²) < 4.78 is 2.07. The van der Waals surface area contributed by atoms with Gasteiger partial charge in [-0.3, -0.25) is 9.58 Å². The molecule has 2 N–H and O–H groups in total. The van der Waals surface area contributed by atoms with Crippen LogP contribution >= 0.6 is 0 Å². The van der Waals surface area contributed by atoms with E-state index >= 15 is 0 Å². The molecule has 0 atom stereocenters. The second-order valence-electron chi connectivity index (χ2n) is 5.88. The molecule has 16 heavy (non-hydrogen) atoms. The fraction of sp³-hybridized carbons (Fsp3) is 0.750. The highest BCUT2D eigenvalue weighted by molar-refractivity contribution is 5.45. The molecule has 0 saturated carbocycles. The van der Waals surface area contributed by atoms with E-state index in [0.717, 1.165) is 13.1 Å². The van der Waals surface area contributed by atoms with E-state index < -0.39 is 0 Å². The largest absolute Gasteiger partial charge is 0.382 e. The lowest BCUT2D eigenvalue weighted by molar-refractivity contribution is 0.133. The van der Waals surface area contributed by atoms with Crippen molar-refractivity contribution in [1.29, 1.82) is 0 Å². The Morgan fingerprint density at radius 2 is 1.88 bits per heavy atom. The fourth-order valence-electron chi connectivity index (χ4n) is 2.19. The molecule has 90 valence electrons. The molecule has 2 heterocycles. The summed E-state index contributed by atoms with van der Waals surface area (Å²) in [5, 5.41) is 4.42. The molecule has 0 fully saturated rings. The average molecular weight is 222 g/mol. The molecule has 0 bridgehead atoms. The number of nitrogens with zero attached hydrogens (tertiary/aromatic N) is 3. The topological polar surface area (TPSA) is 47.1 Å². The van der Waals surface area contributed by atoms with Crippen LogP contribution in [0.4, 0.5) is 5.82 Å². The van der Waals surface area contributed by atoms with Crippen molar-refractivity contribution in [3.8, 4) is 0 Å². The lowest BCUT2D eigenvalue weighted by atomic mass is 10.1. The summed E-state index contributed by atoms with van der Waals surface area (Å²) in [4.78, 5) is 2.44. The van der Waals surface area contributed by atoms with Crippen LogP contribution in [0.25, 0.3) is 0 Å². The van der Waals surface area contributed by atoms with Crippen molar-refractivity contribution in [3.63, 3.8) is 0 Å². The van der Waals surface area contributed by atoms with Crippen molar-refractivity contribution < 1.29 is 0 Å². The minimum absolute atomic E-state index is 0.188. The molecule has 0 aromatic carbocycles. The third-order valence-corrected chi connectivity index (χ3v) is 3.28. The number of hydrogen-bond acceptors (Lipinski definition) is 3. The highest BCUT2D eigenvalue weighted by Gasteiger charge is 2.33. The molecule has 1 aliphatic heterocycles. The predicted octanol–water partition coefficient (Wildman–Crippen LogP) is 2.16. The van der Waals surface area contributed by atoms with Crippen molar-refractivity contribution >= 4 is 5.82 Å². The molecule has 0 saturated heterocycles. The van der Waals surface area contributed by atoms with Gasteiger partial charge in [0.2, 0.25) is 0 Å². The molecule has 1 aromatic rings. The zero-order valence-corrected chi connectivity index (χ0v) is 10.9. The van der Waals surface area contributed by atoms with Crippen LogP contribution < -0.4 is 5.73 Å². The van der Waals surface area contributed by atoms with Gasteiger partial charge in [0, 0.05) is 30.2 Å². The zero-order chi connectivity index (χ0) is 12.1. The minimum Gasteiger partial charge on any atom is -0.382 e. The maximum absolute atomic E-state index is 5.98. The van der Waals surface area contributed by atoms with Gasteiger partial charge in [0.15, 0.2) is 0 Å². The van der Waals surface area contributed by atoms with Crippen LogP contribution in [0, 0.1) is 0 Å². The normalized spacial score (nSPS) is 17.1. The van der Waals surface area contributed by atoms with Crippen molar-refractivity contribution in [2.24, 2.45) is 0 Å². The SMILES string of the molecule is CC(C)n1nc(N)c2c1CN(C(C)(C)C)C2. The van der Waals surface area contributed by atoms with Crippen LogP contribution in [0.15, 0.2) is 0 Å². The predicted molar refractivity (Wildman–Crippen MR) is 66.0 cm³/mol. The zero-order valence-electron chi connectivity index (χ0n) is 10.9. The standard InChI is InChI=1S/C12H22N4/c1-8(2)16-10-7-15(12(3,4)5)6-9(10)11(13)14-16/h8H,6-7H2,1-5H3,(H2,13,14). The summed E-state index contributed by atoms with van der Waals surface area (Å²) in [6.07, 6.45) is 0. The van der Waals surface area contributed by atoms with Crippen LogP contribution in [-0.2, 0) is 13.1 Å². The second-order valence-corrected chi connectivity index (χ2v) is 5.88. The number of anilines is 1. The fourth-order valence-corrected chi connectivity index (χ4v) is 2.19. The van der Waals surface area contributed by atoms with E-state index in [1.807, 2.05) is 0 Å². The van der Waals surface area contributed by atoms with E-state index in [2.05, 4.69) is 49.3 Å². The maximum atomic E-state index is 5.98. The molecule has 1 aromatic heterocycles. The number of nitrogens with two attached hydrogens (primary N) is 1. The van der Waals surface area contributed by atoms with Crippen LogP contribution in [0.2, 0.25) is 0 Å². The molecular weight excluding hydrogens is 200 g/mol. The summed E-state index contributed by atoms with van der Waals surface area (Å²) in [5.41, 5.74) is 8.68. The first-order valence-corrected chi connectivity index (χ1v) is 5.91. The molecule has 0 unspecified atom stereocenters. The third kappa shape index (κ3) is 1.71. The van der Waals surface area contributed by atoms with Gasteiger partial charge in [-0.1, -0.05) is 0 Å². The third-order valence-electron chi connectivity index (χ3n) is 3.28. The van der Waals surface area contributed by atoms with E-state index in [4.69, 9.17) is 5.73 Å². The quantitative estimate of drug-likeness (QED) is 0.792. The van der Waals surface area contributed by atoms with Crippen molar-refractivity contribution in [3.05, 3.63) is 11.3 Å². The lowest BCUT2D eigenvalue weighted by Gasteiger charge is -2.31. The highest BCUT2D eigenvalue weighted by Crippen LogP contribution is 2.33. The number of nitrogen functional groups attached to an aromatic ring is 1. The Kier molecular flexibility index (Phi) is 2.49. The minimum atomic E-state index is 0.188.